The molecule has 0 aliphatic carbocycles. The minimum atomic E-state index is -1.45. The van der Waals surface area contributed by atoms with Crippen LogP contribution in [-0.4, -0.2) is 125 Å². The van der Waals surface area contributed by atoms with E-state index in [0.29, 0.717) is 12.8 Å². The van der Waals surface area contributed by atoms with Crippen molar-refractivity contribution in [2.45, 2.75) is 189 Å². The zero-order valence-electron chi connectivity index (χ0n) is 40.2. The Balaban J connectivity index is 3.42. The van der Waals surface area contributed by atoms with E-state index in [-0.39, 0.29) is 51.6 Å². The first kappa shape index (κ1) is 56.7. The monoisotopic (exact) mass is 906 g/mol. The molecule has 0 aromatic rings. The van der Waals surface area contributed by atoms with Gasteiger partial charge in [-0.15, -0.1) is 6.58 Å². The predicted octanol–water partition coefficient (Wildman–Crippen LogP) is 2.04. The lowest BCUT2D eigenvalue weighted by atomic mass is 9.85. The Labute approximate surface area is 378 Å². The molecule has 362 valence electrons. The first-order valence-corrected chi connectivity index (χ1v) is 22.1. The maximum absolute atomic E-state index is 14.2. The summed E-state index contributed by atoms with van der Waals surface area (Å²) in [5.41, 5.74) is -2.65. The summed E-state index contributed by atoms with van der Waals surface area (Å²) in [5.74, 6) is -7.71. The van der Waals surface area contributed by atoms with Gasteiger partial charge in [0.15, 0.2) is 0 Å². The molecule has 7 amide bonds. The van der Waals surface area contributed by atoms with Gasteiger partial charge in [-0.2, -0.15) is 0 Å². The summed E-state index contributed by atoms with van der Waals surface area (Å²) in [4.78, 5) is 134. The fraction of sp³-hybridized carbons (Fsp3) is 0.733. The minimum absolute atomic E-state index is 0.0641. The Morgan fingerprint density at radius 3 is 1.67 bits per heavy atom. The van der Waals surface area contributed by atoms with Gasteiger partial charge in [0, 0.05) is 32.9 Å². The van der Waals surface area contributed by atoms with Crippen molar-refractivity contribution in [2.24, 2.45) is 11.3 Å². The van der Waals surface area contributed by atoms with Gasteiger partial charge in [-0.1, -0.05) is 54.0 Å². The average Bonchev–Trinajstić information content (AvgIpc) is 3.65. The van der Waals surface area contributed by atoms with Crippen molar-refractivity contribution in [3.63, 3.8) is 0 Å². The summed E-state index contributed by atoms with van der Waals surface area (Å²) in [6, 6.07) is -7.34. The molecule has 1 fully saturated rings. The number of ketones is 1. The van der Waals surface area contributed by atoms with Gasteiger partial charge in [-0.3, -0.25) is 47.9 Å². The number of Topliss-reactive ketones (excluding diaryl/α,β-unsaturated/α-hetero) is 1. The smallest absolute Gasteiger partial charge is 0.306 e. The third kappa shape index (κ3) is 20.0. The largest absolute Gasteiger partial charge is 0.460 e. The summed E-state index contributed by atoms with van der Waals surface area (Å²) < 4.78 is 10.8. The van der Waals surface area contributed by atoms with E-state index in [0.717, 1.165) is 0 Å². The first-order chi connectivity index (χ1) is 29.4. The lowest BCUT2D eigenvalue weighted by molar-refractivity contribution is -0.156. The van der Waals surface area contributed by atoms with E-state index in [1.807, 2.05) is 0 Å². The Hall–Kier alpha value is -5.36. The third-order valence-electron chi connectivity index (χ3n) is 9.77. The molecule has 19 heteroatoms. The highest BCUT2D eigenvalue weighted by Crippen LogP contribution is 2.24. The van der Waals surface area contributed by atoms with Crippen LogP contribution in [0.5, 0.6) is 0 Å². The molecule has 1 aliphatic heterocycles. The van der Waals surface area contributed by atoms with E-state index in [1.54, 1.807) is 83.1 Å². The van der Waals surface area contributed by atoms with Crippen LogP contribution in [0.1, 0.15) is 141 Å². The molecule has 0 spiro atoms. The molecule has 0 saturated carbocycles. The number of likely N-dealkylation sites (tertiary alicyclic amines) is 1. The first-order valence-electron chi connectivity index (χ1n) is 22.1. The van der Waals surface area contributed by atoms with E-state index in [2.05, 4.69) is 38.5 Å². The fourth-order valence-corrected chi connectivity index (χ4v) is 6.75. The molecule has 1 heterocycles. The topological polar surface area (TPSA) is 265 Å². The van der Waals surface area contributed by atoms with E-state index in [4.69, 9.17) is 9.47 Å². The molecule has 6 atom stereocenters. The van der Waals surface area contributed by atoms with E-state index >= 15 is 0 Å². The Kier molecular flexibility index (Phi) is 22.3. The van der Waals surface area contributed by atoms with E-state index < -0.39 is 118 Å². The number of hydrogen-bond donors (Lipinski definition) is 6. The van der Waals surface area contributed by atoms with Crippen molar-refractivity contribution in [3.05, 3.63) is 12.7 Å². The fourth-order valence-electron chi connectivity index (χ4n) is 6.75. The summed E-state index contributed by atoms with van der Waals surface area (Å²) in [5, 5.41) is 15.6. The maximum atomic E-state index is 14.2. The van der Waals surface area contributed by atoms with Crippen molar-refractivity contribution >= 4 is 59.1 Å². The van der Waals surface area contributed by atoms with Gasteiger partial charge < -0.3 is 46.3 Å². The molecule has 0 bridgehead atoms. The molecule has 0 aromatic heterocycles. The van der Waals surface area contributed by atoms with Crippen LogP contribution in [-0.2, 0) is 57.4 Å². The van der Waals surface area contributed by atoms with Gasteiger partial charge in [0.05, 0.1) is 6.04 Å². The molecule has 1 rings (SSSR count). The Bertz CT molecular complexity index is 1710. The molecule has 0 radical (unpaired) electrons. The molecular weight excluding hydrogens is 831 g/mol. The van der Waals surface area contributed by atoms with Crippen molar-refractivity contribution in [3.8, 4) is 0 Å². The zero-order valence-corrected chi connectivity index (χ0v) is 40.2. The molecule has 19 nitrogen and oxygen atoms in total. The normalized spacial score (nSPS) is 16.5. The highest BCUT2D eigenvalue weighted by atomic mass is 16.6. The van der Waals surface area contributed by atoms with Gasteiger partial charge >= 0.3 is 11.9 Å². The van der Waals surface area contributed by atoms with Crippen LogP contribution in [0.25, 0.3) is 0 Å². The number of nitrogens with one attached hydrogen (secondary N) is 6. The Morgan fingerprint density at radius 2 is 1.22 bits per heavy atom. The molecule has 1 saturated heterocycles. The molecule has 0 aromatic carbocycles. The number of esters is 2. The van der Waals surface area contributed by atoms with Crippen LogP contribution >= 0.6 is 0 Å². The summed E-state index contributed by atoms with van der Waals surface area (Å²) in [6.07, 6.45) is 1.78. The molecule has 6 N–H and O–H groups in total. The number of carbonyl (C=O) groups is 10. The molecule has 64 heavy (non-hydrogen) atoms. The standard InChI is InChI=1S/C45H75N7O12/c1-15-18-28(35(56)40(60)46-24-16-2)48-39(59)31-19-17-25-52(31)42(62)34(26(3)4)50-41(61)36(43(6,7)8)51-38(58)30(21-23-33(55)64-45(12,13)14)49-37(57)29(47-27(5)53)20-22-32(54)63-44(9,10)11/h16,26,28-31,34,36H,2,15,17-25H2,1,3-14H3,(H,46,60)(H,47,53)(H,48,59)(H,49,57)(H,50,61)(H,51,58)/t28?,29?,30?,31-,34?,36?/m0/s1. The molecule has 1 aliphatic rings. The third-order valence-corrected chi connectivity index (χ3v) is 9.77. The van der Waals surface area contributed by atoms with Crippen LogP contribution in [0.2, 0.25) is 0 Å². The SMILES string of the molecule is C=CCNC(=O)C(=O)C(CCC)NC(=O)[C@@H]1CCCN1C(=O)C(NC(=O)C(NC(=O)C(CCC(=O)OC(C)(C)C)NC(=O)C(CCC(=O)OC(C)(C)C)NC(C)=O)C(C)(C)C)C(C)C. The Morgan fingerprint density at radius 1 is 0.703 bits per heavy atom. The summed E-state index contributed by atoms with van der Waals surface area (Å²) >= 11 is 0. The highest BCUT2D eigenvalue weighted by molar-refractivity contribution is 6.38. The van der Waals surface area contributed by atoms with Crippen LogP contribution in [0.3, 0.4) is 0 Å². The number of amides is 7. The van der Waals surface area contributed by atoms with Gasteiger partial charge in [-0.25, -0.2) is 0 Å². The van der Waals surface area contributed by atoms with Crippen LogP contribution in [0.15, 0.2) is 12.7 Å². The predicted molar refractivity (Wildman–Crippen MR) is 238 cm³/mol. The van der Waals surface area contributed by atoms with Gasteiger partial charge in [0.25, 0.3) is 5.91 Å². The summed E-state index contributed by atoms with van der Waals surface area (Å²) in [6.45, 7) is 25.2. The van der Waals surface area contributed by atoms with Gasteiger partial charge in [0.1, 0.15) is 41.4 Å². The second-order valence-corrected chi connectivity index (χ2v) is 19.5. The minimum Gasteiger partial charge on any atom is -0.460 e. The molecule has 5 unspecified atom stereocenters. The highest BCUT2D eigenvalue weighted by Gasteiger charge is 2.42. The van der Waals surface area contributed by atoms with Gasteiger partial charge in [0.2, 0.25) is 41.2 Å². The number of carbonyl (C=O) groups excluding carboxylic acids is 10. The van der Waals surface area contributed by atoms with E-state index in [1.165, 1.54) is 17.9 Å². The van der Waals surface area contributed by atoms with Crippen molar-refractivity contribution < 1.29 is 57.4 Å². The maximum Gasteiger partial charge on any atom is 0.306 e. The van der Waals surface area contributed by atoms with Crippen LogP contribution < -0.4 is 31.9 Å². The average molecular weight is 906 g/mol. The van der Waals surface area contributed by atoms with Crippen LogP contribution in [0, 0.1) is 11.3 Å². The quantitative estimate of drug-likeness (QED) is 0.0489. The van der Waals surface area contributed by atoms with Crippen molar-refractivity contribution in [1.82, 2.24) is 36.8 Å². The number of rotatable bonds is 23. The second kappa shape index (κ2) is 25.2. The van der Waals surface area contributed by atoms with Crippen LogP contribution in [0.4, 0.5) is 0 Å². The zero-order chi connectivity index (χ0) is 49.3. The van der Waals surface area contributed by atoms with Gasteiger partial charge in [-0.05, 0) is 85.0 Å². The van der Waals surface area contributed by atoms with Crippen molar-refractivity contribution in [2.75, 3.05) is 13.1 Å². The van der Waals surface area contributed by atoms with E-state index in [9.17, 15) is 47.9 Å². The lowest BCUT2D eigenvalue weighted by Crippen LogP contribution is -2.62. The lowest BCUT2D eigenvalue weighted by Gasteiger charge is -2.35. The second-order valence-electron chi connectivity index (χ2n) is 19.5. The molecular formula is C45H75N7O12. The summed E-state index contributed by atoms with van der Waals surface area (Å²) in [7, 11) is 0. The number of ether oxygens (including phenoxy) is 2. The number of nitrogens with zero attached hydrogens (tertiary/aromatic N) is 1. The van der Waals surface area contributed by atoms with Crippen molar-refractivity contribution in [1.29, 1.82) is 0 Å². The number of hydrogen-bond acceptors (Lipinski definition) is 12.